The van der Waals surface area contributed by atoms with Gasteiger partial charge in [0.15, 0.2) is 0 Å². The topological polar surface area (TPSA) is 96.9 Å². The Labute approximate surface area is 202 Å². The highest BCUT2D eigenvalue weighted by molar-refractivity contribution is 5.98. The lowest BCUT2D eigenvalue weighted by Gasteiger charge is -2.31. The molecule has 0 bridgehead atoms. The van der Waals surface area contributed by atoms with Gasteiger partial charge in [-0.05, 0) is 43.7 Å². The molecule has 0 aliphatic carbocycles. The molecule has 3 aromatic rings. The van der Waals surface area contributed by atoms with Crippen LogP contribution in [-0.2, 0) is 4.79 Å². The van der Waals surface area contributed by atoms with Gasteiger partial charge in [-0.25, -0.2) is 9.97 Å². The first-order valence-electron chi connectivity index (χ1n) is 11.6. The number of nitrogens with zero attached hydrogens (tertiary/aromatic N) is 4. The van der Waals surface area contributed by atoms with E-state index in [1.54, 1.807) is 36.2 Å². The van der Waals surface area contributed by atoms with Crippen molar-refractivity contribution in [2.75, 3.05) is 30.9 Å². The zero-order valence-corrected chi connectivity index (χ0v) is 19.7. The molecule has 1 fully saturated rings. The van der Waals surface area contributed by atoms with Crippen molar-refractivity contribution in [2.24, 2.45) is 0 Å². The molecule has 1 aromatic carbocycles. The fourth-order valence-electron chi connectivity index (χ4n) is 4.94. The van der Waals surface area contributed by atoms with Crippen molar-refractivity contribution in [3.8, 4) is 22.8 Å². The van der Waals surface area contributed by atoms with E-state index in [2.05, 4.69) is 15.3 Å². The second-order valence-corrected chi connectivity index (χ2v) is 9.27. The van der Waals surface area contributed by atoms with Crippen LogP contribution in [0.1, 0.15) is 41.8 Å². The molecule has 9 heteroatoms. The maximum absolute atomic E-state index is 12.4. The maximum Gasteiger partial charge on any atom is 0.253 e. The van der Waals surface area contributed by atoms with Crippen molar-refractivity contribution in [3.05, 3.63) is 53.9 Å². The quantitative estimate of drug-likeness (QED) is 0.618. The average molecular weight is 472 g/mol. The minimum Gasteiger partial charge on any atom is -0.485 e. The third kappa shape index (κ3) is 3.54. The summed E-state index contributed by atoms with van der Waals surface area (Å²) in [7, 11) is 3.46. The molecule has 2 amide bonds. The monoisotopic (exact) mass is 471 g/mol. The van der Waals surface area contributed by atoms with E-state index < -0.39 is 0 Å². The molecule has 35 heavy (non-hydrogen) atoms. The maximum atomic E-state index is 12.4. The Hall–Kier alpha value is -4.14. The van der Waals surface area contributed by atoms with Crippen LogP contribution < -0.4 is 19.7 Å². The summed E-state index contributed by atoms with van der Waals surface area (Å²) in [5.41, 5.74) is 4.86. The Bertz CT molecular complexity index is 1370. The highest BCUT2D eigenvalue weighted by Crippen LogP contribution is 2.44. The summed E-state index contributed by atoms with van der Waals surface area (Å²) in [6.07, 6.45) is 4.61. The van der Waals surface area contributed by atoms with Crippen molar-refractivity contribution in [3.63, 3.8) is 0 Å². The predicted octanol–water partition coefficient (Wildman–Crippen LogP) is 3.93. The molecule has 3 aliphatic rings. The molecule has 0 saturated carbocycles. The lowest BCUT2D eigenvalue weighted by atomic mass is 9.94. The third-order valence-electron chi connectivity index (χ3n) is 6.70. The Balaban J connectivity index is 1.30. The number of hydrogen-bond acceptors (Lipinski definition) is 7. The van der Waals surface area contributed by atoms with Gasteiger partial charge in [0.05, 0.1) is 17.9 Å². The summed E-state index contributed by atoms with van der Waals surface area (Å²) in [6.45, 7) is 2.46. The molecule has 0 radical (unpaired) electrons. The molecule has 0 spiro atoms. The van der Waals surface area contributed by atoms with E-state index in [-0.39, 0.29) is 24.0 Å². The smallest absolute Gasteiger partial charge is 0.253 e. The number of pyridine rings is 2. The SMILES string of the molecule is CC1Oc2cc(C(=O)N(C)C)ccc2-c2cnc(Nc3cnc4c(c3)N3C(=O)CC[C@H]3CO4)cc21. The number of nitrogens with one attached hydrogen (secondary N) is 1. The van der Waals surface area contributed by atoms with Crippen LogP contribution in [-0.4, -0.2) is 53.4 Å². The Morgan fingerprint density at radius 2 is 2.00 bits per heavy atom. The van der Waals surface area contributed by atoms with Crippen LogP contribution in [0.5, 0.6) is 11.6 Å². The van der Waals surface area contributed by atoms with Gasteiger partial charge in [0, 0.05) is 49.0 Å². The average Bonchev–Trinajstić information content (AvgIpc) is 3.24. The van der Waals surface area contributed by atoms with Crippen LogP contribution >= 0.6 is 0 Å². The van der Waals surface area contributed by atoms with Gasteiger partial charge >= 0.3 is 0 Å². The highest BCUT2D eigenvalue weighted by Gasteiger charge is 2.38. The molecule has 3 aliphatic heterocycles. The van der Waals surface area contributed by atoms with Crippen molar-refractivity contribution >= 4 is 29.0 Å². The first-order chi connectivity index (χ1) is 16.9. The van der Waals surface area contributed by atoms with E-state index in [9.17, 15) is 9.59 Å². The van der Waals surface area contributed by atoms with E-state index >= 15 is 0 Å². The Morgan fingerprint density at radius 1 is 1.14 bits per heavy atom. The second-order valence-electron chi connectivity index (χ2n) is 9.27. The number of carbonyl (C=O) groups excluding carboxylic acids is 2. The zero-order valence-electron chi connectivity index (χ0n) is 19.7. The summed E-state index contributed by atoms with van der Waals surface area (Å²) in [6, 6.07) is 9.42. The first kappa shape index (κ1) is 21.4. The van der Waals surface area contributed by atoms with Gasteiger partial charge in [-0.2, -0.15) is 0 Å². The number of carbonyl (C=O) groups is 2. The summed E-state index contributed by atoms with van der Waals surface area (Å²) in [5.74, 6) is 1.82. The number of amides is 2. The number of ether oxygens (including phenoxy) is 2. The zero-order chi connectivity index (χ0) is 24.3. The van der Waals surface area contributed by atoms with Gasteiger partial charge in [-0.15, -0.1) is 0 Å². The van der Waals surface area contributed by atoms with Gasteiger partial charge < -0.3 is 24.6 Å². The first-order valence-corrected chi connectivity index (χ1v) is 11.6. The molecule has 9 nitrogen and oxygen atoms in total. The molecular formula is C26H25N5O4. The highest BCUT2D eigenvalue weighted by atomic mass is 16.5. The van der Waals surface area contributed by atoms with E-state index in [0.29, 0.717) is 41.7 Å². The van der Waals surface area contributed by atoms with Crippen LogP contribution in [0.15, 0.2) is 42.7 Å². The standard InChI is InChI=1S/C26H25N5O4/c1-14-19-10-23(27-12-20(19)18-6-4-15(8-22(18)35-14)26(33)30(2)3)29-16-9-21-25(28-11-16)34-13-17-5-7-24(32)31(17)21/h4,6,8-12,14,17H,5,7,13H2,1-3H3,(H,27,29)/t14?,17-/m0/s1. The van der Waals surface area contributed by atoms with Gasteiger partial charge in [0.25, 0.3) is 5.91 Å². The van der Waals surface area contributed by atoms with Gasteiger partial charge in [-0.1, -0.05) is 0 Å². The van der Waals surface area contributed by atoms with Gasteiger partial charge in [0.2, 0.25) is 11.8 Å². The van der Waals surface area contributed by atoms with Gasteiger partial charge in [-0.3, -0.25) is 9.59 Å². The van der Waals surface area contributed by atoms with Crippen LogP contribution in [0.25, 0.3) is 11.1 Å². The predicted molar refractivity (Wildman–Crippen MR) is 130 cm³/mol. The second kappa shape index (κ2) is 7.97. The lowest BCUT2D eigenvalue weighted by molar-refractivity contribution is -0.117. The fourth-order valence-corrected chi connectivity index (χ4v) is 4.94. The number of fused-ring (bicyclic) bond motifs is 6. The van der Waals surface area contributed by atoms with Gasteiger partial charge in [0.1, 0.15) is 30.0 Å². The van der Waals surface area contributed by atoms with E-state index in [1.807, 2.05) is 37.4 Å². The molecule has 178 valence electrons. The minimum absolute atomic E-state index is 0.0699. The van der Waals surface area contributed by atoms with E-state index in [4.69, 9.17) is 9.47 Å². The molecule has 1 saturated heterocycles. The van der Waals surface area contributed by atoms with E-state index in [1.165, 1.54) is 0 Å². The largest absolute Gasteiger partial charge is 0.485 e. The van der Waals surface area contributed by atoms with Crippen molar-refractivity contribution < 1.29 is 19.1 Å². The number of rotatable bonds is 3. The Morgan fingerprint density at radius 3 is 2.83 bits per heavy atom. The summed E-state index contributed by atoms with van der Waals surface area (Å²) < 4.78 is 11.9. The summed E-state index contributed by atoms with van der Waals surface area (Å²) in [5, 5.41) is 3.31. The van der Waals surface area contributed by atoms with Crippen LogP contribution in [0.3, 0.4) is 0 Å². The van der Waals surface area contributed by atoms with Crippen molar-refractivity contribution in [1.29, 1.82) is 0 Å². The van der Waals surface area contributed by atoms with Crippen molar-refractivity contribution in [1.82, 2.24) is 14.9 Å². The molecule has 1 N–H and O–H groups in total. The van der Waals surface area contributed by atoms with Crippen LogP contribution in [0.4, 0.5) is 17.2 Å². The van der Waals surface area contributed by atoms with Crippen molar-refractivity contribution in [2.45, 2.75) is 31.9 Å². The molecular weight excluding hydrogens is 446 g/mol. The molecule has 1 unspecified atom stereocenters. The normalized spacial score (nSPS) is 19.5. The molecule has 6 rings (SSSR count). The van der Waals surface area contributed by atoms with Crippen LogP contribution in [0, 0.1) is 0 Å². The molecule has 2 atom stereocenters. The third-order valence-corrected chi connectivity index (χ3v) is 6.70. The lowest BCUT2D eigenvalue weighted by Crippen LogP contribution is -2.40. The molecule has 5 heterocycles. The fraction of sp³-hybridized carbons (Fsp3) is 0.308. The number of hydrogen-bond donors (Lipinski definition) is 1. The summed E-state index contributed by atoms with van der Waals surface area (Å²) in [4.78, 5) is 37.1. The summed E-state index contributed by atoms with van der Waals surface area (Å²) >= 11 is 0. The Kier molecular flexibility index (Phi) is 4.87. The van der Waals surface area contributed by atoms with Crippen LogP contribution in [0.2, 0.25) is 0 Å². The molecule has 2 aromatic heterocycles. The number of aromatic nitrogens is 2. The van der Waals surface area contributed by atoms with E-state index in [0.717, 1.165) is 28.8 Å². The number of anilines is 3. The minimum atomic E-state index is -0.219. The number of benzene rings is 1.